The Bertz CT molecular complexity index is 2050. The first kappa shape index (κ1) is 65.6. The predicted molar refractivity (Wildman–Crippen MR) is 280 cm³/mol. The van der Waals surface area contributed by atoms with E-state index in [2.05, 4.69) is 5.32 Å². The van der Waals surface area contributed by atoms with Gasteiger partial charge >= 0.3 is 35.8 Å². The summed E-state index contributed by atoms with van der Waals surface area (Å²) in [5, 5.41) is 3.22. The lowest BCUT2D eigenvalue weighted by Gasteiger charge is -2.46. The number of esters is 5. The molecule has 2 rings (SSSR count). The van der Waals surface area contributed by atoms with Crippen molar-refractivity contribution in [1.82, 2.24) is 19.8 Å². The number of benzene rings is 1. The third-order valence-corrected chi connectivity index (χ3v) is 10.9. The van der Waals surface area contributed by atoms with Crippen LogP contribution >= 0.6 is 0 Å². The molecular formula is C55H89N5O15. The molecule has 3 atom stereocenters. The number of anilines is 1. The van der Waals surface area contributed by atoms with Crippen molar-refractivity contribution in [3.63, 3.8) is 0 Å². The minimum Gasteiger partial charge on any atom is -0.459 e. The second-order valence-electron chi connectivity index (χ2n) is 24.1. The molecule has 3 amide bonds. The highest BCUT2D eigenvalue weighted by molar-refractivity contribution is 5.94. The first-order valence-electron chi connectivity index (χ1n) is 26.1. The van der Waals surface area contributed by atoms with Crippen LogP contribution in [0.15, 0.2) is 24.3 Å². The molecule has 0 aliphatic heterocycles. The molecule has 424 valence electrons. The standard InChI is InChI=1S/C55H89N5O15/c1-18-44(63)60(37(2)61)75-45(64)25-21-24-43(62)56-39-28-26-38(27-29-39)30-40(57(32-46(65)70-51(3,4)5)33-47(66)71-52(6,7)8)31-58(34-48(67)72-53(9,10)11)41-22-19-20-23-42(41)59(35-49(68)73-54(12,13)14)36-50(69)74-55(15,16)17/h26-29,40-42H,18-25,30-36H2,1-17H3,(H,56,62)/t40-,41+,42+/m1/s1. The van der Waals surface area contributed by atoms with Crippen molar-refractivity contribution in [1.29, 1.82) is 0 Å². The molecular weight excluding hydrogens is 971 g/mol. The van der Waals surface area contributed by atoms with Crippen molar-refractivity contribution >= 4 is 59.2 Å². The summed E-state index contributed by atoms with van der Waals surface area (Å²) in [6, 6.07) is 5.26. The smallest absolute Gasteiger partial charge is 0.333 e. The molecule has 0 heterocycles. The topological polar surface area (TPSA) is 234 Å². The Balaban J connectivity index is 2.73. The van der Waals surface area contributed by atoms with Crippen molar-refractivity contribution in [2.24, 2.45) is 0 Å². The molecule has 20 nitrogen and oxygen atoms in total. The van der Waals surface area contributed by atoms with E-state index in [0.29, 0.717) is 23.6 Å². The van der Waals surface area contributed by atoms with Crippen molar-refractivity contribution in [3.8, 4) is 0 Å². The highest BCUT2D eigenvalue weighted by Crippen LogP contribution is 2.30. The van der Waals surface area contributed by atoms with Crippen LogP contribution in [0.2, 0.25) is 0 Å². The third-order valence-electron chi connectivity index (χ3n) is 10.9. The van der Waals surface area contributed by atoms with E-state index in [1.807, 2.05) is 4.90 Å². The largest absolute Gasteiger partial charge is 0.459 e. The van der Waals surface area contributed by atoms with Crippen LogP contribution in [0.25, 0.3) is 0 Å². The number of amides is 3. The molecule has 0 unspecified atom stereocenters. The van der Waals surface area contributed by atoms with Crippen molar-refractivity contribution < 1.29 is 71.7 Å². The number of ether oxygens (including phenoxy) is 5. The summed E-state index contributed by atoms with van der Waals surface area (Å²) < 4.78 is 29.1. The van der Waals surface area contributed by atoms with E-state index in [9.17, 15) is 43.2 Å². The van der Waals surface area contributed by atoms with Crippen LogP contribution in [0.3, 0.4) is 0 Å². The van der Waals surface area contributed by atoms with Gasteiger partial charge < -0.3 is 33.8 Å². The lowest BCUT2D eigenvalue weighted by Crippen LogP contribution is -2.60. The summed E-state index contributed by atoms with van der Waals surface area (Å²) in [4.78, 5) is 129. The molecule has 1 aliphatic carbocycles. The third kappa shape index (κ3) is 27.8. The molecule has 1 fully saturated rings. The van der Waals surface area contributed by atoms with Gasteiger partial charge in [-0.05, 0) is 147 Å². The number of nitrogens with one attached hydrogen (secondary N) is 1. The molecule has 0 spiro atoms. The summed E-state index contributed by atoms with van der Waals surface area (Å²) in [5.41, 5.74) is -3.07. The van der Waals surface area contributed by atoms with Gasteiger partial charge in [0, 0.05) is 56.5 Å². The number of hydrogen-bond donors (Lipinski definition) is 1. The van der Waals surface area contributed by atoms with Gasteiger partial charge in [0.15, 0.2) is 0 Å². The van der Waals surface area contributed by atoms with Gasteiger partial charge in [0.25, 0.3) is 11.8 Å². The van der Waals surface area contributed by atoms with E-state index in [4.69, 9.17) is 28.5 Å². The molecule has 0 bridgehead atoms. The van der Waals surface area contributed by atoms with Crippen molar-refractivity contribution in [2.75, 3.05) is 44.6 Å². The Morgan fingerprint density at radius 1 is 0.547 bits per heavy atom. The number of imide groups is 1. The van der Waals surface area contributed by atoms with Gasteiger partial charge in [0.1, 0.15) is 28.0 Å². The highest BCUT2D eigenvalue weighted by Gasteiger charge is 2.41. The summed E-state index contributed by atoms with van der Waals surface area (Å²) in [6.45, 7) is 27.5. The maximum atomic E-state index is 14.1. The first-order chi connectivity index (χ1) is 34.3. The molecule has 1 aliphatic rings. The van der Waals surface area contributed by atoms with E-state index in [1.165, 1.54) is 6.92 Å². The number of nitrogens with zero attached hydrogens (tertiary/aromatic N) is 4. The Labute approximate surface area is 445 Å². The molecule has 1 N–H and O–H groups in total. The van der Waals surface area contributed by atoms with Gasteiger partial charge in [-0.15, -0.1) is 5.06 Å². The Hall–Kier alpha value is -5.47. The second-order valence-corrected chi connectivity index (χ2v) is 24.1. The molecule has 20 heteroatoms. The van der Waals surface area contributed by atoms with Gasteiger partial charge in [0.05, 0.1) is 32.7 Å². The molecule has 0 saturated heterocycles. The summed E-state index contributed by atoms with van der Waals surface area (Å²) >= 11 is 0. The number of carbonyl (C=O) groups is 9. The fourth-order valence-electron chi connectivity index (χ4n) is 8.34. The lowest BCUT2D eigenvalue weighted by atomic mass is 9.87. The Morgan fingerprint density at radius 2 is 0.933 bits per heavy atom. The zero-order valence-electron chi connectivity index (χ0n) is 48.1. The van der Waals surface area contributed by atoms with Crippen LogP contribution in [0.4, 0.5) is 5.69 Å². The SMILES string of the molecule is CCC(=O)N(OC(=O)CCCC(=O)Nc1ccc(C[C@H](CN(CC(=O)OC(C)(C)C)[C@H]2CCCC[C@@H]2N(CC(=O)OC(C)(C)C)CC(=O)OC(C)(C)C)N(CC(=O)OC(C)(C)C)CC(=O)OC(C)(C)C)cc1)C(C)=O. The highest BCUT2D eigenvalue weighted by atomic mass is 16.7. The monoisotopic (exact) mass is 1060 g/mol. The Morgan fingerprint density at radius 3 is 1.32 bits per heavy atom. The van der Waals surface area contributed by atoms with E-state index in [1.54, 1.807) is 138 Å². The fraction of sp³-hybridized carbons (Fsp3) is 0.727. The van der Waals surface area contributed by atoms with Crippen LogP contribution in [-0.4, -0.2) is 159 Å². The molecule has 75 heavy (non-hydrogen) atoms. The number of hydrogen-bond acceptors (Lipinski definition) is 18. The predicted octanol–water partition coefficient (Wildman–Crippen LogP) is 6.88. The average molecular weight is 1060 g/mol. The summed E-state index contributed by atoms with van der Waals surface area (Å²) in [7, 11) is 0. The number of carbonyl (C=O) groups excluding carboxylic acids is 9. The maximum Gasteiger partial charge on any atom is 0.333 e. The van der Waals surface area contributed by atoms with Crippen LogP contribution in [-0.2, 0) is 78.1 Å². The van der Waals surface area contributed by atoms with Crippen LogP contribution in [0, 0.1) is 0 Å². The average Bonchev–Trinajstić information content (AvgIpc) is 3.21. The zero-order chi connectivity index (χ0) is 57.3. The molecule has 1 aromatic carbocycles. The molecule has 0 aromatic heterocycles. The van der Waals surface area contributed by atoms with Crippen LogP contribution in [0.1, 0.15) is 175 Å². The van der Waals surface area contributed by atoms with E-state index >= 15 is 0 Å². The van der Waals surface area contributed by atoms with Gasteiger partial charge in [0.2, 0.25) is 5.91 Å². The van der Waals surface area contributed by atoms with Gasteiger partial charge in [-0.25, -0.2) is 4.79 Å². The van der Waals surface area contributed by atoms with Crippen molar-refractivity contribution in [3.05, 3.63) is 29.8 Å². The number of rotatable bonds is 23. The van der Waals surface area contributed by atoms with E-state index in [-0.39, 0.29) is 71.4 Å². The first-order valence-corrected chi connectivity index (χ1v) is 26.1. The van der Waals surface area contributed by atoms with Crippen LogP contribution in [0.5, 0.6) is 0 Å². The molecule has 1 saturated carbocycles. The molecule has 0 radical (unpaired) electrons. The normalized spacial score (nSPS) is 15.9. The van der Waals surface area contributed by atoms with Crippen LogP contribution < -0.4 is 5.32 Å². The quantitative estimate of drug-likeness (QED) is 0.0668. The molecule has 1 aromatic rings. The lowest BCUT2D eigenvalue weighted by molar-refractivity contribution is -0.201. The maximum absolute atomic E-state index is 14.1. The van der Waals surface area contributed by atoms with Gasteiger partial charge in [-0.3, -0.25) is 53.1 Å². The fourth-order valence-corrected chi connectivity index (χ4v) is 8.34. The summed E-state index contributed by atoms with van der Waals surface area (Å²) in [5.74, 6) is -5.51. The second kappa shape index (κ2) is 28.6. The van der Waals surface area contributed by atoms with Gasteiger partial charge in [-0.2, -0.15) is 0 Å². The van der Waals surface area contributed by atoms with E-state index in [0.717, 1.165) is 25.3 Å². The van der Waals surface area contributed by atoms with E-state index < -0.39 is 99.7 Å². The van der Waals surface area contributed by atoms with Gasteiger partial charge in [-0.1, -0.05) is 31.9 Å². The zero-order valence-corrected chi connectivity index (χ0v) is 48.1. The minimum absolute atomic E-state index is 0.0468. The Kier molecular flexibility index (Phi) is 25.0. The number of hydroxylamine groups is 2. The summed E-state index contributed by atoms with van der Waals surface area (Å²) in [6.07, 6.45) is 2.51. The minimum atomic E-state index is -0.872. The van der Waals surface area contributed by atoms with Crippen molar-refractivity contribution in [2.45, 2.75) is 222 Å².